The number of hydrogen-bond donors (Lipinski definition) is 1. The molecule has 0 aliphatic carbocycles. The Kier molecular flexibility index (Phi) is 7.59. The molecule has 0 bridgehead atoms. The Bertz CT molecular complexity index is 105. The second kappa shape index (κ2) is 7.80. The van der Waals surface area contributed by atoms with Gasteiger partial charge in [0.05, 0.1) is 0 Å². The van der Waals surface area contributed by atoms with E-state index in [0.29, 0.717) is 0 Å². The molecule has 1 heteroatoms. The highest BCUT2D eigenvalue weighted by Gasteiger charge is 1.87. The van der Waals surface area contributed by atoms with Crippen LogP contribution in [0.15, 0.2) is 11.6 Å². The third-order valence-corrected chi connectivity index (χ3v) is 1.81. The van der Waals surface area contributed by atoms with Crippen molar-refractivity contribution in [2.45, 2.75) is 46.0 Å². The van der Waals surface area contributed by atoms with Gasteiger partial charge in [-0.1, -0.05) is 31.4 Å². The number of allylic oxidation sites excluding steroid dienone is 1. The minimum atomic E-state index is 0.288. The van der Waals surface area contributed by atoms with E-state index in [0.717, 1.165) is 6.42 Å². The lowest BCUT2D eigenvalue weighted by Gasteiger charge is -1.97. The summed E-state index contributed by atoms with van der Waals surface area (Å²) in [6.07, 6.45) is 8.16. The van der Waals surface area contributed by atoms with Gasteiger partial charge in [0.1, 0.15) is 0 Å². The quantitative estimate of drug-likeness (QED) is 0.463. The molecule has 0 unspecified atom stereocenters. The van der Waals surface area contributed by atoms with Crippen LogP contribution >= 0.6 is 0 Å². The molecular formula is C10H20O. The first kappa shape index (κ1) is 10.7. The van der Waals surface area contributed by atoms with Gasteiger partial charge in [0, 0.05) is 6.61 Å². The van der Waals surface area contributed by atoms with Gasteiger partial charge in [0.25, 0.3) is 0 Å². The molecule has 0 aromatic rings. The van der Waals surface area contributed by atoms with Gasteiger partial charge in [-0.25, -0.2) is 0 Å². The Hall–Kier alpha value is -0.300. The van der Waals surface area contributed by atoms with Gasteiger partial charge in [-0.2, -0.15) is 0 Å². The summed E-state index contributed by atoms with van der Waals surface area (Å²) in [4.78, 5) is 0. The van der Waals surface area contributed by atoms with E-state index < -0.39 is 0 Å². The van der Waals surface area contributed by atoms with E-state index in [4.69, 9.17) is 5.11 Å². The van der Waals surface area contributed by atoms with Gasteiger partial charge >= 0.3 is 0 Å². The first-order valence-electron chi connectivity index (χ1n) is 4.57. The maximum Gasteiger partial charge on any atom is 0.0468 e. The topological polar surface area (TPSA) is 20.2 Å². The predicted octanol–water partition coefficient (Wildman–Crippen LogP) is 2.90. The second-order valence-corrected chi connectivity index (χ2v) is 3.02. The Morgan fingerprint density at radius 1 is 1.36 bits per heavy atom. The number of aliphatic hydroxyl groups excluding tert-OH is 1. The van der Waals surface area contributed by atoms with Crippen LogP contribution in [0, 0.1) is 0 Å². The van der Waals surface area contributed by atoms with Crippen molar-refractivity contribution < 1.29 is 5.11 Å². The lowest BCUT2D eigenvalue weighted by atomic mass is 10.1. The Morgan fingerprint density at radius 2 is 2.09 bits per heavy atom. The first-order chi connectivity index (χ1) is 5.31. The van der Waals surface area contributed by atoms with Gasteiger partial charge in [-0.15, -0.1) is 0 Å². The molecule has 0 atom stereocenters. The average Bonchev–Trinajstić information content (AvgIpc) is 1.99. The largest absolute Gasteiger partial charge is 0.396 e. The molecule has 0 aliphatic rings. The average molecular weight is 156 g/mol. The lowest BCUT2D eigenvalue weighted by molar-refractivity contribution is 0.299. The number of rotatable bonds is 6. The summed E-state index contributed by atoms with van der Waals surface area (Å²) in [6, 6.07) is 0. The van der Waals surface area contributed by atoms with Crippen LogP contribution in [-0.4, -0.2) is 11.7 Å². The standard InChI is InChI=1S/C10H20O/c1-3-4-5-6-7-10(2)8-9-11/h7,11H,3-6,8-9H2,1-2H3/b10-7-. The van der Waals surface area contributed by atoms with Crippen LogP contribution in [0.4, 0.5) is 0 Å². The predicted molar refractivity (Wildman–Crippen MR) is 49.6 cm³/mol. The fraction of sp³-hybridized carbons (Fsp3) is 0.800. The molecule has 0 aliphatic heterocycles. The van der Waals surface area contributed by atoms with Gasteiger partial charge in [0.15, 0.2) is 0 Å². The number of unbranched alkanes of at least 4 members (excludes halogenated alkanes) is 3. The van der Waals surface area contributed by atoms with E-state index in [1.165, 1.54) is 31.3 Å². The van der Waals surface area contributed by atoms with Gasteiger partial charge in [-0.05, 0) is 26.2 Å². The smallest absolute Gasteiger partial charge is 0.0468 e. The van der Waals surface area contributed by atoms with E-state index in [-0.39, 0.29) is 6.61 Å². The maximum absolute atomic E-state index is 8.60. The molecule has 0 spiro atoms. The van der Waals surface area contributed by atoms with E-state index in [9.17, 15) is 0 Å². The summed E-state index contributed by atoms with van der Waals surface area (Å²) in [5, 5.41) is 8.60. The number of hydrogen-bond acceptors (Lipinski definition) is 1. The highest BCUT2D eigenvalue weighted by Crippen LogP contribution is 2.05. The van der Waals surface area contributed by atoms with Crippen LogP contribution in [0.5, 0.6) is 0 Å². The van der Waals surface area contributed by atoms with Crippen LogP contribution in [0.3, 0.4) is 0 Å². The molecule has 11 heavy (non-hydrogen) atoms. The zero-order valence-corrected chi connectivity index (χ0v) is 7.77. The summed E-state index contributed by atoms with van der Waals surface area (Å²) >= 11 is 0. The summed E-state index contributed by atoms with van der Waals surface area (Å²) in [5.41, 5.74) is 1.32. The van der Waals surface area contributed by atoms with E-state index in [2.05, 4.69) is 19.9 Å². The molecule has 66 valence electrons. The molecule has 0 saturated carbocycles. The number of aliphatic hydroxyl groups is 1. The molecular weight excluding hydrogens is 136 g/mol. The van der Waals surface area contributed by atoms with Crippen molar-refractivity contribution >= 4 is 0 Å². The van der Waals surface area contributed by atoms with Crippen molar-refractivity contribution in [2.75, 3.05) is 6.61 Å². The van der Waals surface area contributed by atoms with Crippen molar-refractivity contribution in [2.24, 2.45) is 0 Å². The molecule has 0 aromatic carbocycles. The highest BCUT2D eigenvalue weighted by atomic mass is 16.2. The first-order valence-corrected chi connectivity index (χ1v) is 4.57. The van der Waals surface area contributed by atoms with E-state index >= 15 is 0 Å². The Balaban J connectivity index is 3.24. The van der Waals surface area contributed by atoms with Crippen LogP contribution in [0.1, 0.15) is 46.0 Å². The molecule has 0 rings (SSSR count). The fourth-order valence-electron chi connectivity index (χ4n) is 1.02. The summed E-state index contributed by atoms with van der Waals surface area (Å²) in [5.74, 6) is 0. The van der Waals surface area contributed by atoms with Gasteiger partial charge in [-0.3, -0.25) is 0 Å². The SMILES string of the molecule is CCCCC/C=C(/C)CCO. The Labute approximate surface area is 70.1 Å². The van der Waals surface area contributed by atoms with Gasteiger partial charge < -0.3 is 5.11 Å². The van der Waals surface area contributed by atoms with Crippen molar-refractivity contribution in [1.29, 1.82) is 0 Å². The fourth-order valence-corrected chi connectivity index (χ4v) is 1.02. The van der Waals surface area contributed by atoms with Crippen molar-refractivity contribution in [1.82, 2.24) is 0 Å². The molecule has 1 nitrogen and oxygen atoms in total. The molecule has 0 aromatic heterocycles. The summed E-state index contributed by atoms with van der Waals surface area (Å²) in [6.45, 7) is 4.59. The van der Waals surface area contributed by atoms with Crippen LogP contribution in [0.25, 0.3) is 0 Å². The summed E-state index contributed by atoms with van der Waals surface area (Å²) in [7, 11) is 0. The van der Waals surface area contributed by atoms with Crippen LogP contribution in [-0.2, 0) is 0 Å². The van der Waals surface area contributed by atoms with E-state index in [1.807, 2.05) is 0 Å². The van der Waals surface area contributed by atoms with Crippen molar-refractivity contribution in [3.63, 3.8) is 0 Å². The lowest BCUT2D eigenvalue weighted by Crippen LogP contribution is -1.83. The van der Waals surface area contributed by atoms with Crippen molar-refractivity contribution in [3.05, 3.63) is 11.6 Å². The minimum Gasteiger partial charge on any atom is -0.396 e. The zero-order valence-electron chi connectivity index (χ0n) is 7.77. The molecule has 0 radical (unpaired) electrons. The van der Waals surface area contributed by atoms with Crippen LogP contribution < -0.4 is 0 Å². The van der Waals surface area contributed by atoms with Crippen molar-refractivity contribution in [3.8, 4) is 0 Å². The molecule has 0 amide bonds. The second-order valence-electron chi connectivity index (χ2n) is 3.02. The maximum atomic E-state index is 8.60. The molecule has 0 fully saturated rings. The third kappa shape index (κ3) is 7.60. The third-order valence-electron chi connectivity index (χ3n) is 1.81. The summed E-state index contributed by atoms with van der Waals surface area (Å²) < 4.78 is 0. The molecule has 0 heterocycles. The normalized spacial score (nSPS) is 12.1. The zero-order chi connectivity index (χ0) is 8.53. The van der Waals surface area contributed by atoms with Gasteiger partial charge in [0.2, 0.25) is 0 Å². The monoisotopic (exact) mass is 156 g/mol. The van der Waals surface area contributed by atoms with E-state index in [1.54, 1.807) is 0 Å². The van der Waals surface area contributed by atoms with Crippen LogP contribution in [0.2, 0.25) is 0 Å². The highest BCUT2D eigenvalue weighted by molar-refractivity contribution is 4.97. The molecule has 0 saturated heterocycles. The minimum absolute atomic E-state index is 0.288. The molecule has 1 N–H and O–H groups in total. The Morgan fingerprint density at radius 3 is 2.64 bits per heavy atom.